The van der Waals surface area contributed by atoms with Crippen LogP contribution in [0.25, 0.3) is 0 Å². The summed E-state index contributed by atoms with van der Waals surface area (Å²) in [6.07, 6.45) is -0.600. The molecule has 0 aromatic heterocycles. The van der Waals surface area contributed by atoms with E-state index in [9.17, 15) is 9.59 Å². The number of amides is 1. The van der Waals surface area contributed by atoms with Crippen LogP contribution in [0.1, 0.15) is 16.8 Å². The molecule has 0 saturated carbocycles. The molecule has 0 bridgehead atoms. The number of rotatable bonds is 6. The zero-order valence-corrected chi connectivity index (χ0v) is 15.1. The first-order valence-corrected chi connectivity index (χ1v) is 8.69. The molecule has 0 aliphatic carbocycles. The zero-order chi connectivity index (χ0) is 19.2. The third-order valence-corrected chi connectivity index (χ3v) is 4.35. The van der Waals surface area contributed by atoms with Crippen molar-refractivity contribution >= 4 is 23.3 Å². The molecule has 7 heteroatoms. The molecule has 2 aromatic carbocycles. The van der Waals surface area contributed by atoms with Crippen LogP contribution < -0.4 is 10.1 Å². The van der Waals surface area contributed by atoms with Gasteiger partial charge in [-0.15, -0.1) is 0 Å². The minimum Gasteiger partial charge on any atom is -0.497 e. The maximum Gasteiger partial charge on any atom is 0.306 e. The van der Waals surface area contributed by atoms with Gasteiger partial charge in [0.1, 0.15) is 5.75 Å². The lowest BCUT2D eigenvalue weighted by molar-refractivity contribution is -0.141. The highest BCUT2D eigenvalue weighted by Crippen LogP contribution is 2.24. The van der Waals surface area contributed by atoms with Gasteiger partial charge in [0, 0.05) is 18.8 Å². The lowest BCUT2D eigenvalue weighted by atomic mass is 10.1. The molecular weight excluding hydrogens is 348 g/mol. The van der Waals surface area contributed by atoms with Gasteiger partial charge in [-0.25, -0.2) is 0 Å². The van der Waals surface area contributed by atoms with E-state index in [4.69, 9.17) is 14.6 Å². The summed E-state index contributed by atoms with van der Waals surface area (Å²) in [6.45, 7) is 1.03. The number of benzene rings is 2. The quantitative estimate of drug-likeness (QED) is 0.813. The Morgan fingerprint density at radius 1 is 1.22 bits per heavy atom. The number of carbonyl (C=O) groups is 2. The monoisotopic (exact) mass is 370 g/mol. The number of anilines is 2. The smallest absolute Gasteiger partial charge is 0.306 e. The second-order valence-corrected chi connectivity index (χ2v) is 6.24. The van der Waals surface area contributed by atoms with Crippen LogP contribution >= 0.6 is 0 Å². The van der Waals surface area contributed by atoms with Crippen molar-refractivity contribution < 1.29 is 24.2 Å². The summed E-state index contributed by atoms with van der Waals surface area (Å²) in [5.41, 5.74) is 2.06. The van der Waals surface area contributed by atoms with Gasteiger partial charge in [0.05, 0.1) is 37.5 Å². The number of carboxylic acids is 1. The summed E-state index contributed by atoms with van der Waals surface area (Å²) >= 11 is 0. The van der Waals surface area contributed by atoms with Gasteiger partial charge in [-0.1, -0.05) is 12.1 Å². The maximum atomic E-state index is 13.0. The fourth-order valence-corrected chi connectivity index (χ4v) is 3.00. The van der Waals surface area contributed by atoms with Gasteiger partial charge >= 0.3 is 5.97 Å². The molecule has 1 heterocycles. The normalized spacial score (nSPS) is 16.6. The Kier molecular flexibility index (Phi) is 5.93. The minimum atomic E-state index is -0.934. The first-order valence-electron chi connectivity index (χ1n) is 8.69. The summed E-state index contributed by atoms with van der Waals surface area (Å²) in [4.78, 5) is 25.6. The maximum absolute atomic E-state index is 13.0. The van der Waals surface area contributed by atoms with Gasteiger partial charge in [0.2, 0.25) is 0 Å². The number of carboxylic acid groups (broad SMARTS) is 1. The van der Waals surface area contributed by atoms with Gasteiger partial charge in [0.25, 0.3) is 5.91 Å². The number of nitrogens with one attached hydrogen (secondary N) is 1. The van der Waals surface area contributed by atoms with Crippen molar-refractivity contribution in [2.75, 3.05) is 32.1 Å². The Bertz CT molecular complexity index is 806. The lowest BCUT2D eigenvalue weighted by Crippen LogP contribution is -2.46. The van der Waals surface area contributed by atoms with Crippen molar-refractivity contribution in [3.8, 4) is 5.75 Å². The predicted molar refractivity (Wildman–Crippen MR) is 101 cm³/mol. The molecule has 1 aliphatic heterocycles. The highest BCUT2D eigenvalue weighted by atomic mass is 16.5. The fourth-order valence-electron chi connectivity index (χ4n) is 3.00. The van der Waals surface area contributed by atoms with Crippen molar-refractivity contribution in [2.45, 2.75) is 12.5 Å². The number of nitrogens with zero attached hydrogens (tertiary/aromatic N) is 1. The van der Waals surface area contributed by atoms with E-state index in [0.29, 0.717) is 24.4 Å². The fraction of sp³-hybridized carbons (Fsp3) is 0.300. The molecule has 7 nitrogen and oxygen atoms in total. The third kappa shape index (κ3) is 4.77. The molecule has 1 fully saturated rings. The number of hydrogen-bond acceptors (Lipinski definition) is 5. The van der Waals surface area contributed by atoms with Gasteiger partial charge in [-0.2, -0.15) is 0 Å². The molecule has 27 heavy (non-hydrogen) atoms. The topological polar surface area (TPSA) is 88.1 Å². The molecule has 2 N–H and O–H groups in total. The largest absolute Gasteiger partial charge is 0.497 e. The molecule has 142 valence electrons. The molecule has 1 saturated heterocycles. The summed E-state index contributed by atoms with van der Waals surface area (Å²) < 4.78 is 10.6. The number of carbonyl (C=O) groups excluding carboxylic acids is 1. The van der Waals surface area contributed by atoms with Crippen molar-refractivity contribution in [2.24, 2.45) is 0 Å². The third-order valence-electron chi connectivity index (χ3n) is 4.35. The van der Waals surface area contributed by atoms with E-state index in [-0.39, 0.29) is 18.9 Å². The molecule has 0 spiro atoms. The van der Waals surface area contributed by atoms with E-state index in [1.807, 2.05) is 42.5 Å². The highest BCUT2D eigenvalue weighted by molar-refractivity contribution is 6.00. The van der Waals surface area contributed by atoms with Crippen LogP contribution in [0.4, 0.5) is 11.4 Å². The Morgan fingerprint density at radius 3 is 2.67 bits per heavy atom. The lowest BCUT2D eigenvalue weighted by Gasteiger charge is -2.32. The first kappa shape index (κ1) is 18.7. The van der Waals surface area contributed by atoms with Crippen LogP contribution in [0.5, 0.6) is 5.75 Å². The summed E-state index contributed by atoms with van der Waals surface area (Å²) in [6, 6.07) is 14.7. The van der Waals surface area contributed by atoms with E-state index in [2.05, 4.69) is 5.32 Å². The van der Waals surface area contributed by atoms with E-state index in [1.54, 1.807) is 18.1 Å². The Labute approximate surface area is 157 Å². The van der Waals surface area contributed by atoms with Gasteiger partial charge in [0.15, 0.2) is 0 Å². The van der Waals surface area contributed by atoms with Crippen molar-refractivity contribution in [3.63, 3.8) is 0 Å². The SMILES string of the molecule is COc1ccc(Nc2ccccc2C(=O)N2CCO[C@H](CC(=O)O)C2)cc1. The average Bonchev–Trinajstić information content (AvgIpc) is 2.68. The van der Waals surface area contributed by atoms with Gasteiger partial charge < -0.3 is 24.8 Å². The summed E-state index contributed by atoms with van der Waals surface area (Å²) in [5.74, 6) is -0.330. The number of para-hydroxylation sites is 1. The first-order chi connectivity index (χ1) is 13.1. The van der Waals surface area contributed by atoms with E-state index < -0.39 is 12.1 Å². The number of ether oxygens (including phenoxy) is 2. The minimum absolute atomic E-state index is 0.116. The second kappa shape index (κ2) is 8.55. The molecule has 0 radical (unpaired) electrons. The number of aliphatic carboxylic acids is 1. The zero-order valence-electron chi connectivity index (χ0n) is 15.1. The van der Waals surface area contributed by atoms with Gasteiger partial charge in [-0.3, -0.25) is 9.59 Å². The van der Waals surface area contributed by atoms with Crippen LogP contribution in [-0.2, 0) is 9.53 Å². The summed E-state index contributed by atoms with van der Waals surface area (Å²) in [5, 5.41) is 12.2. The second-order valence-electron chi connectivity index (χ2n) is 6.24. The number of methoxy groups -OCH3 is 1. The Balaban J connectivity index is 1.76. The molecule has 0 unspecified atom stereocenters. The molecular formula is C20H22N2O5. The van der Waals surface area contributed by atoms with Crippen molar-refractivity contribution in [1.82, 2.24) is 4.90 Å². The van der Waals surface area contributed by atoms with Crippen LogP contribution in [0.15, 0.2) is 48.5 Å². The van der Waals surface area contributed by atoms with Crippen LogP contribution in [0.3, 0.4) is 0 Å². The van der Waals surface area contributed by atoms with Crippen molar-refractivity contribution in [1.29, 1.82) is 0 Å². The number of morpholine rings is 1. The number of hydrogen-bond donors (Lipinski definition) is 2. The predicted octanol–water partition coefficient (Wildman–Crippen LogP) is 2.75. The molecule has 2 aromatic rings. The molecule has 1 aliphatic rings. The Hall–Kier alpha value is -3.06. The molecule has 1 amide bonds. The van der Waals surface area contributed by atoms with Crippen LogP contribution in [0.2, 0.25) is 0 Å². The molecule has 1 atom stereocenters. The van der Waals surface area contributed by atoms with Crippen LogP contribution in [-0.4, -0.2) is 54.8 Å². The standard InChI is InChI=1S/C20H22N2O5/c1-26-15-8-6-14(7-9-15)21-18-5-3-2-4-17(18)20(25)22-10-11-27-16(13-22)12-19(23)24/h2-9,16,21H,10-13H2,1H3,(H,23,24)/t16-/m1/s1. The Morgan fingerprint density at radius 2 is 1.96 bits per heavy atom. The van der Waals surface area contributed by atoms with Gasteiger partial charge in [-0.05, 0) is 36.4 Å². The average molecular weight is 370 g/mol. The summed E-state index contributed by atoms with van der Waals surface area (Å²) in [7, 11) is 1.61. The highest BCUT2D eigenvalue weighted by Gasteiger charge is 2.27. The van der Waals surface area contributed by atoms with Crippen molar-refractivity contribution in [3.05, 3.63) is 54.1 Å². The van der Waals surface area contributed by atoms with Crippen LogP contribution in [0, 0.1) is 0 Å². The van der Waals surface area contributed by atoms with E-state index >= 15 is 0 Å². The van der Waals surface area contributed by atoms with E-state index in [0.717, 1.165) is 11.4 Å². The molecule has 3 rings (SSSR count). The van der Waals surface area contributed by atoms with E-state index in [1.165, 1.54) is 0 Å².